The number of hydrogen-bond donors (Lipinski definition) is 2. The van der Waals surface area contributed by atoms with E-state index in [2.05, 4.69) is 22.2 Å². The van der Waals surface area contributed by atoms with Gasteiger partial charge in [0.2, 0.25) is 5.95 Å². The Balaban J connectivity index is 2.34. The third-order valence-electron chi connectivity index (χ3n) is 1.89. The van der Waals surface area contributed by atoms with Crippen molar-refractivity contribution in [1.29, 1.82) is 0 Å². The van der Waals surface area contributed by atoms with Gasteiger partial charge in [0.1, 0.15) is 0 Å². The quantitative estimate of drug-likeness (QED) is 0.780. The standard InChI is InChI=1S/C9H15ClN4/c1-7(2-3-11)4-12-9-13-5-8(10)6-14-9/h5-7H,2-4,11H2,1H3,(H,12,13,14). The number of nitrogens with zero attached hydrogens (tertiary/aromatic N) is 2. The van der Waals surface area contributed by atoms with E-state index < -0.39 is 0 Å². The Hall–Kier alpha value is -0.870. The molecule has 4 nitrogen and oxygen atoms in total. The lowest BCUT2D eigenvalue weighted by atomic mass is 10.1. The van der Waals surface area contributed by atoms with Crippen LogP contribution in [0.1, 0.15) is 13.3 Å². The average Bonchev–Trinajstić information content (AvgIpc) is 2.17. The maximum absolute atomic E-state index is 5.65. The van der Waals surface area contributed by atoms with Gasteiger partial charge >= 0.3 is 0 Å². The Morgan fingerprint density at radius 3 is 2.71 bits per heavy atom. The van der Waals surface area contributed by atoms with Crippen LogP contribution in [0.2, 0.25) is 5.02 Å². The summed E-state index contributed by atoms with van der Waals surface area (Å²) >= 11 is 5.65. The summed E-state index contributed by atoms with van der Waals surface area (Å²) < 4.78 is 0. The van der Waals surface area contributed by atoms with E-state index in [0.29, 0.717) is 23.4 Å². The number of hydrogen-bond acceptors (Lipinski definition) is 4. The molecule has 1 rings (SSSR count). The fourth-order valence-electron chi connectivity index (χ4n) is 1.06. The van der Waals surface area contributed by atoms with Crippen LogP contribution >= 0.6 is 11.6 Å². The molecule has 0 bridgehead atoms. The first-order valence-electron chi connectivity index (χ1n) is 4.64. The van der Waals surface area contributed by atoms with Crippen LogP contribution in [-0.4, -0.2) is 23.1 Å². The molecule has 0 aliphatic heterocycles. The van der Waals surface area contributed by atoms with Crippen LogP contribution in [-0.2, 0) is 0 Å². The van der Waals surface area contributed by atoms with Crippen LogP contribution in [0.5, 0.6) is 0 Å². The molecule has 1 unspecified atom stereocenters. The molecule has 5 heteroatoms. The molecule has 0 radical (unpaired) electrons. The van der Waals surface area contributed by atoms with Crippen LogP contribution in [0, 0.1) is 5.92 Å². The van der Waals surface area contributed by atoms with Crippen molar-refractivity contribution in [1.82, 2.24) is 9.97 Å². The van der Waals surface area contributed by atoms with Gasteiger partial charge in [-0.1, -0.05) is 18.5 Å². The normalized spacial score (nSPS) is 12.5. The third kappa shape index (κ3) is 3.89. The molecule has 78 valence electrons. The van der Waals surface area contributed by atoms with E-state index in [1.165, 1.54) is 0 Å². The zero-order valence-corrected chi connectivity index (χ0v) is 8.96. The molecular formula is C9H15ClN4. The number of rotatable bonds is 5. The van der Waals surface area contributed by atoms with E-state index in [1.807, 2.05) is 0 Å². The monoisotopic (exact) mass is 214 g/mol. The highest BCUT2D eigenvalue weighted by molar-refractivity contribution is 6.30. The summed E-state index contributed by atoms with van der Waals surface area (Å²) in [6.07, 6.45) is 4.15. The van der Waals surface area contributed by atoms with Gasteiger partial charge in [-0.2, -0.15) is 0 Å². The molecule has 0 fully saturated rings. The van der Waals surface area contributed by atoms with Crippen molar-refractivity contribution < 1.29 is 0 Å². The van der Waals surface area contributed by atoms with Gasteiger partial charge in [0.05, 0.1) is 17.4 Å². The van der Waals surface area contributed by atoms with Crippen molar-refractivity contribution in [2.75, 3.05) is 18.4 Å². The fourth-order valence-corrected chi connectivity index (χ4v) is 1.15. The van der Waals surface area contributed by atoms with Crippen molar-refractivity contribution in [3.63, 3.8) is 0 Å². The Morgan fingerprint density at radius 1 is 1.50 bits per heavy atom. The van der Waals surface area contributed by atoms with Crippen LogP contribution in [0.15, 0.2) is 12.4 Å². The van der Waals surface area contributed by atoms with Crippen LogP contribution < -0.4 is 11.1 Å². The number of anilines is 1. The number of aromatic nitrogens is 2. The summed E-state index contributed by atoms with van der Waals surface area (Å²) in [4.78, 5) is 8.05. The molecule has 0 aliphatic rings. The van der Waals surface area contributed by atoms with Gasteiger partial charge in [0.25, 0.3) is 0 Å². The summed E-state index contributed by atoms with van der Waals surface area (Å²) in [5.41, 5.74) is 5.44. The third-order valence-corrected chi connectivity index (χ3v) is 2.08. The highest BCUT2D eigenvalue weighted by Gasteiger charge is 2.01. The lowest BCUT2D eigenvalue weighted by Crippen LogP contribution is -2.16. The molecule has 1 aromatic heterocycles. The molecule has 1 atom stereocenters. The first kappa shape index (κ1) is 11.2. The van der Waals surface area contributed by atoms with Gasteiger partial charge in [0.15, 0.2) is 0 Å². The Labute approximate surface area is 88.9 Å². The maximum Gasteiger partial charge on any atom is 0.222 e. The molecule has 3 N–H and O–H groups in total. The van der Waals surface area contributed by atoms with Crippen molar-refractivity contribution in [2.45, 2.75) is 13.3 Å². The average molecular weight is 215 g/mol. The second-order valence-electron chi connectivity index (χ2n) is 3.29. The van der Waals surface area contributed by atoms with Gasteiger partial charge in [-0.3, -0.25) is 0 Å². The van der Waals surface area contributed by atoms with Gasteiger partial charge in [0, 0.05) is 6.54 Å². The smallest absolute Gasteiger partial charge is 0.222 e. The molecule has 1 heterocycles. The molecule has 14 heavy (non-hydrogen) atoms. The fraction of sp³-hybridized carbons (Fsp3) is 0.556. The Kier molecular flexibility index (Phi) is 4.62. The lowest BCUT2D eigenvalue weighted by Gasteiger charge is -2.10. The topological polar surface area (TPSA) is 63.8 Å². The van der Waals surface area contributed by atoms with E-state index in [9.17, 15) is 0 Å². The summed E-state index contributed by atoms with van der Waals surface area (Å²) in [6.45, 7) is 3.68. The maximum atomic E-state index is 5.65. The molecule has 0 amide bonds. The molecule has 1 aromatic rings. The van der Waals surface area contributed by atoms with Crippen molar-refractivity contribution >= 4 is 17.5 Å². The largest absolute Gasteiger partial charge is 0.354 e. The molecule has 0 aliphatic carbocycles. The molecule has 0 aromatic carbocycles. The molecular weight excluding hydrogens is 200 g/mol. The Morgan fingerprint density at radius 2 is 2.14 bits per heavy atom. The Bertz CT molecular complexity index is 262. The summed E-state index contributed by atoms with van der Waals surface area (Å²) in [5.74, 6) is 1.14. The molecule has 0 saturated heterocycles. The minimum absolute atomic E-state index is 0.527. The minimum Gasteiger partial charge on any atom is -0.354 e. The predicted molar refractivity (Wildman–Crippen MR) is 58.4 cm³/mol. The molecule has 0 saturated carbocycles. The van der Waals surface area contributed by atoms with Gasteiger partial charge in [-0.15, -0.1) is 0 Å². The van der Waals surface area contributed by atoms with Crippen LogP contribution in [0.3, 0.4) is 0 Å². The lowest BCUT2D eigenvalue weighted by molar-refractivity contribution is 0.566. The van der Waals surface area contributed by atoms with Gasteiger partial charge < -0.3 is 11.1 Å². The second kappa shape index (κ2) is 5.78. The summed E-state index contributed by atoms with van der Waals surface area (Å²) in [6, 6.07) is 0. The van der Waals surface area contributed by atoms with E-state index in [4.69, 9.17) is 17.3 Å². The van der Waals surface area contributed by atoms with Crippen LogP contribution in [0.25, 0.3) is 0 Å². The minimum atomic E-state index is 0.527. The molecule has 0 spiro atoms. The van der Waals surface area contributed by atoms with E-state index in [0.717, 1.165) is 13.0 Å². The second-order valence-corrected chi connectivity index (χ2v) is 3.72. The number of nitrogens with two attached hydrogens (primary N) is 1. The van der Waals surface area contributed by atoms with E-state index in [-0.39, 0.29) is 0 Å². The van der Waals surface area contributed by atoms with Gasteiger partial charge in [-0.05, 0) is 18.9 Å². The summed E-state index contributed by atoms with van der Waals surface area (Å²) in [5, 5.41) is 3.67. The highest BCUT2D eigenvalue weighted by Crippen LogP contribution is 2.06. The first-order chi connectivity index (χ1) is 6.72. The zero-order valence-electron chi connectivity index (χ0n) is 8.20. The van der Waals surface area contributed by atoms with E-state index >= 15 is 0 Å². The predicted octanol–water partition coefficient (Wildman–Crippen LogP) is 1.53. The number of halogens is 1. The van der Waals surface area contributed by atoms with Crippen molar-refractivity contribution in [3.05, 3.63) is 17.4 Å². The SMILES string of the molecule is CC(CCN)CNc1ncc(Cl)cn1. The first-order valence-corrected chi connectivity index (χ1v) is 5.01. The van der Waals surface area contributed by atoms with E-state index in [1.54, 1.807) is 12.4 Å². The van der Waals surface area contributed by atoms with Crippen molar-refractivity contribution in [2.24, 2.45) is 11.7 Å². The van der Waals surface area contributed by atoms with Crippen molar-refractivity contribution in [3.8, 4) is 0 Å². The van der Waals surface area contributed by atoms with Gasteiger partial charge in [-0.25, -0.2) is 9.97 Å². The number of nitrogens with one attached hydrogen (secondary N) is 1. The highest BCUT2D eigenvalue weighted by atomic mass is 35.5. The summed E-state index contributed by atoms with van der Waals surface area (Å²) in [7, 11) is 0. The van der Waals surface area contributed by atoms with Crippen LogP contribution in [0.4, 0.5) is 5.95 Å². The zero-order chi connectivity index (χ0) is 10.4.